The summed E-state index contributed by atoms with van der Waals surface area (Å²) in [7, 11) is 1.27. The van der Waals surface area contributed by atoms with Crippen molar-refractivity contribution in [1.82, 2.24) is 0 Å². The number of carbonyl (C=O) groups excluding carboxylic acids is 2. The molecule has 0 unspecified atom stereocenters. The number of rotatable bonds is 3. The third kappa shape index (κ3) is 3.48. The van der Waals surface area contributed by atoms with Gasteiger partial charge in [0.1, 0.15) is 0 Å². The molecule has 1 aliphatic heterocycles. The number of carbonyl (C=O) groups is 2. The molecular weight excluding hydrogens is 368 g/mol. The molecule has 0 N–H and O–H groups in total. The molecule has 0 aromatic heterocycles. The van der Waals surface area contributed by atoms with Crippen LogP contribution in [0.3, 0.4) is 0 Å². The van der Waals surface area contributed by atoms with E-state index in [-0.39, 0.29) is 22.2 Å². The maximum absolute atomic E-state index is 13.4. The van der Waals surface area contributed by atoms with Crippen LogP contribution in [0.4, 0.5) is 8.78 Å². The topological polar surface area (TPSA) is 65.0 Å². The van der Waals surface area contributed by atoms with Gasteiger partial charge in [-0.1, -0.05) is 23.7 Å². The van der Waals surface area contributed by atoms with Crippen molar-refractivity contribution >= 4 is 35.5 Å². The Balaban J connectivity index is 1.92. The Morgan fingerprint density at radius 2 is 1.85 bits per heavy atom. The summed E-state index contributed by atoms with van der Waals surface area (Å²) in [6, 6.07) is 7.80. The van der Waals surface area contributed by atoms with Gasteiger partial charge in [-0.25, -0.2) is 23.4 Å². The van der Waals surface area contributed by atoms with Crippen LogP contribution in [0.25, 0.3) is 6.08 Å². The summed E-state index contributed by atoms with van der Waals surface area (Å²) in [6.07, 6.45) is 1.42. The van der Waals surface area contributed by atoms with E-state index in [9.17, 15) is 18.4 Å². The van der Waals surface area contributed by atoms with Crippen LogP contribution in [0.2, 0.25) is 5.02 Å². The van der Waals surface area contributed by atoms with E-state index in [1.165, 1.54) is 25.3 Å². The van der Waals surface area contributed by atoms with Crippen molar-refractivity contribution < 1.29 is 27.8 Å². The summed E-state index contributed by atoms with van der Waals surface area (Å²) in [6.45, 7) is 0. The van der Waals surface area contributed by atoms with Crippen LogP contribution in [0.1, 0.15) is 21.5 Å². The number of cyclic esters (lactones) is 1. The standard InChI is InChI=1S/C18H10ClF2NO4/c1-25-17(23)10-4-2-9(3-5-10)6-15-18(24)26-16(22-15)11-7-13(20)14(21)8-12(11)19/h2-8H,1H3. The third-order valence-corrected chi connectivity index (χ3v) is 3.81. The lowest BCUT2D eigenvalue weighted by molar-refractivity contribution is -0.129. The molecule has 2 aromatic carbocycles. The number of benzene rings is 2. The molecule has 0 bridgehead atoms. The number of ether oxygens (including phenoxy) is 2. The van der Waals surface area contributed by atoms with Gasteiger partial charge in [0.2, 0.25) is 5.90 Å². The van der Waals surface area contributed by atoms with Crippen molar-refractivity contribution in [2.45, 2.75) is 0 Å². The van der Waals surface area contributed by atoms with Gasteiger partial charge in [0.15, 0.2) is 17.3 Å². The Hall–Kier alpha value is -3.06. The van der Waals surface area contributed by atoms with Crippen LogP contribution in [0.15, 0.2) is 47.1 Å². The summed E-state index contributed by atoms with van der Waals surface area (Å²) in [4.78, 5) is 27.3. The lowest BCUT2D eigenvalue weighted by Gasteiger charge is -2.03. The summed E-state index contributed by atoms with van der Waals surface area (Å²) in [5, 5.41) is -0.140. The summed E-state index contributed by atoms with van der Waals surface area (Å²) in [5.41, 5.74) is 0.836. The van der Waals surface area contributed by atoms with Gasteiger partial charge >= 0.3 is 11.9 Å². The molecule has 0 spiro atoms. The van der Waals surface area contributed by atoms with Gasteiger partial charge in [-0.15, -0.1) is 0 Å². The number of nitrogens with zero attached hydrogens (tertiary/aromatic N) is 1. The molecule has 0 saturated carbocycles. The van der Waals surface area contributed by atoms with Gasteiger partial charge in [-0.05, 0) is 35.9 Å². The Kier molecular flexibility index (Phi) is 4.81. The average molecular weight is 378 g/mol. The SMILES string of the molecule is COC(=O)c1ccc(C=C2N=C(c3cc(F)c(F)cc3Cl)OC2=O)cc1. The largest absolute Gasteiger partial charge is 0.465 e. The molecule has 0 radical (unpaired) electrons. The number of halogens is 3. The average Bonchev–Trinajstić information content (AvgIpc) is 2.98. The fourth-order valence-corrected chi connectivity index (χ4v) is 2.43. The molecule has 2 aromatic rings. The predicted octanol–water partition coefficient (Wildman–Crippen LogP) is 3.75. The smallest absolute Gasteiger partial charge is 0.363 e. The first kappa shape index (κ1) is 17.8. The first-order chi connectivity index (χ1) is 12.4. The molecule has 8 heteroatoms. The van der Waals surface area contributed by atoms with E-state index in [0.717, 1.165) is 12.1 Å². The monoisotopic (exact) mass is 377 g/mol. The predicted molar refractivity (Wildman–Crippen MR) is 89.8 cm³/mol. The number of hydrogen-bond acceptors (Lipinski definition) is 5. The van der Waals surface area contributed by atoms with E-state index in [1.54, 1.807) is 12.1 Å². The molecule has 0 fully saturated rings. The van der Waals surface area contributed by atoms with Gasteiger partial charge in [0, 0.05) is 0 Å². The molecule has 26 heavy (non-hydrogen) atoms. The number of methoxy groups -OCH3 is 1. The second kappa shape index (κ2) is 7.05. The van der Waals surface area contributed by atoms with Gasteiger partial charge in [-0.3, -0.25) is 0 Å². The summed E-state index contributed by atoms with van der Waals surface area (Å²) >= 11 is 5.86. The second-order valence-corrected chi connectivity index (χ2v) is 5.60. The highest BCUT2D eigenvalue weighted by Crippen LogP contribution is 2.26. The van der Waals surface area contributed by atoms with E-state index in [0.29, 0.717) is 11.1 Å². The lowest BCUT2D eigenvalue weighted by Crippen LogP contribution is -2.07. The molecule has 5 nitrogen and oxygen atoms in total. The zero-order chi connectivity index (χ0) is 18.8. The lowest BCUT2D eigenvalue weighted by atomic mass is 10.1. The van der Waals surface area contributed by atoms with E-state index >= 15 is 0 Å². The number of esters is 2. The van der Waals surface area contributed by atoms with Crippen molar-refractivity contribution in [2.75, 3.05) is 7.11 Å². The zero-order valence-electron chi connectivity index (χ0n) is 13.3. The van der Waals surface area contributed by atoms with Crippen LogP contribution >= 0.6 is 11.6 Å². The van der Waals surface area contributed by atoms with Crippen LogP contribution in [-0.2, 0) is 14.3 Å². The summed E-state index contributed by atoms with van der Waals surface area (Å²) in [5.74, 6) is -3.74. The van der Waals surface area contributed by atoms with Gasteiger partial charge in [0.05, 0.1) is 23.3 Å². The minimum Gasteiger partial charge on any atom is -0.465 e. The van der Waals surface area contributed by atoms with Crippen LogP contribution in [-0.4, -0.2) is 24.9 Å². The fourth-order valence-electron chi connectivity index (χ4n) is 2.20. The number of aliphatic imine (C=N–C) groups is 1. The molecule has 0 saturated heterocycles. The van der Waals surface area contributed by atoms with Crippen LogP contribution in [0, 0.1) is 11.6 Å². The van der Waals surface area contributed by atoms with Gasteiger partial charge in [0.25, 0.3) is 0 Å². The Bertz CT molecular complexity index is 968. The molecule has 132 valence electrons. The molecule has 3 rings (SSSR count). The van der Waals surface area contributed by atoms with Crippen LogP contribution < -0.4 is 0 Å². The first-order valence-corrected chi connectivity index (χ1v) is 7.62. The quantitative estimate of drug-likeness (QED) is 0.464. The van der Waals surface area contributed by atoms with Crippen molar-refractivity contribution in [3.05, 3.63) is 75.4 Å². The van der Waals surface area contributed by atoms with Crippen molar-refractivity contribution in [3.8, 4) is 0 Å². The highest BCUT2D eigenvalue weighted by molar-refractivity contribution is 6.34. The molecule has 0 atom stereocenters. The molecule has 0 amide bonds. The first-order valence-electron chi connectivity index (χ1n) is 7.25. The Labute approximate surface area is 151 Å². The van der Waals surface area contributed by atoms with E-state index < -0.39 is 23.6 Å². The van der Waals surface area contributed by atoms with Crippen molar-refractivity contribution in [1.29, 1.82) is 0 Å². The summed E-state index contributed by atoms with van der Waals surface area (Å²) < 4.78 is 36.1. The highest BCUT2D eigenvalue weighted by Gasteiger charge is 2.26. The second-order valence-electron chi connectivity index (χ2n) is 5.20. The van der Waals surface area contributed by atoms with E-state index in [2.05, 4.69) is 9.73 Å². The van der Waals surface area contributed by atoms with E-state index in [4.69, 9.17) is 16.3 Å². The van der Waals surface area contributed by atoms with Gasteiger partial charge < -0.3 is 9.47 Å². The molecule has 1 aliphatic rings. The third-order valence-electron chi connectivity index (χ3n) is 3.50. The molecular formula is C18H10ClF2NO4. The molecule has 0 aliphatic carbocycles. The van der Waals surface area contributed by atoms with Gasteiger partial charge in [-0.2, -0.15) is 0 Å². The van der Waals surface area contributed by atoms with Crippen LogP contribution in [0.5, 0.6) is 0 Å². The number of hydrogen-bond donors (Lipinski definition) is 0. The fraction of sp³-hybridized carbons (Fsp3) is 0.0556. The molecule has 1 heterocycles. The highest BCUT2D eigenvalue weighted by atomic mass is 35.5. The zero-order valence-corrected chi connectivity index (χ0v) is 14.0. The Morgan fingerprint density at radius 3 is 2.50 bits per heavy atom. The van der Waals surface area contributed by atoms with E-state index in [1.807, 2.05) is 0 Å². The maximum Gasteiger partial charge on any atom is 0.363 e. The minimum atomic E-state index is -1.14. The minimum absolute atomic E-state index is 0.0386. The van der Waals surface area contributed by atoms with Crippen molar-refractivity contribution in [2.24, 2.45) is 4.99 Å². The van der Waals surface area contributed by atoms with Crippen molar-refractivity contribution in [3.63, 3.8) is 0 Å². The Morgan fingerprint density at radius 1 is 1.19 bits per heavy atom. The normalized spacial score (nSPS) is 15.0. The maximum atomic E-state index is 13.4.